The van der Waals surface area contributed by atoms with Gasteiger partial charge in [0, 0.05) is 37.5 Å². The summed E-state index contributed by atoms with van der Waals surface area (Å²) in [4.78, 5) is 41.5. The molecule has 2 aliphatic rings. The van der Waals surface area contributed by atoms with Crippen molar-refractivity contribution in [3.63, 3.8) is 0 Å². The quantitative estimate of drug-likeness (QED) is 0.570. The number of fused-ring (bicyclic) bond motifs is 4. The van der Waals surface area contributed by atoms with Crippen LogP contribution >= 0.6 is 0 Å². The standard InChI is InChI=1S/C26H24F2N4O4/c27-19-9-8-18(21(28)12-19)13-29-25(34)20-14-32-22(26(35)30-10-4-5-11-31(32)16-30)24(23(20)33)36-15-17-6-2-1-3-7-17/h1-3,6-9,12,14H,4-5,10-11,13,15-16H2,(H,29,34). The molecule has 36 heavy (non-hydrogen) atoms. The number of pyridine rings is 1. The molecule has 0 radical (unpaired) electrons. The highest BCUT2D eigenvalue weighted by Gasteiger charge is 2.36. The third-order valence-corrected chi connectivity index (χ3v) is 6.29. The lowest BCUT2D eigenvalue weighted by Gasteiger charge is -2.38. The second kappa shape index (κ2) is 9.80. The molecule has 0 atom stereocenters. The predicted octanol–water partition coefficient (Wildman–Crippen LogP) is 2.78. The topological polar surface area (TPSA) is 83.9 Å². The number of aromatic nitrogens is 1. The van der Waals surface area contributed by atoms with E-state index in [0.717, 1.165) is 30.5 Å². The Bertz CT molecular complexity index is 1380. The van der Waals surface area contributed by atoms with Gasteiger partial charge in [0.1, 0.15) is 30.5 Å². The zero-order valence-corrected chi connectivity index (χ0v) is 19.4. The number of benzene rings is 2. The smallest absolute Gasteiger partial charge is 0.277 e. The van der Waals surface area contributed by atoms with Crippen LogP contribution in [0.4, 0.5) is 8.78 Å². The number of amides is 2. The zero-order valence-electron chi connectivity index (χ0n) is 19.4. The fourth-order valence-corrected chi connectivity index (χ4v) is 4.39. The van der Waals surface area contributed by atoms with Crippen molar-refractivity contribution < 1.29 is 23.1 Å². The number of rotatable bonds is 6. The molecular formula is C26H24F2N4O4. The molecule has 5 rings (SSSR count). The highest BCUT2D eigenvalue weighted by atomic mass is 19.1. The number of halogens is 2. The number of ether oxygens (including phenoxy) is 1. The van der Waals surface area contributed by atoms with E-state index in [1.807, 2.05) is 35.3 Å². The van der Waals surface area contributed by atoms with E-state index in [9.17, 15) is 23.2 Å². The van der Waals surface area contributed by atoms with Gasteiger partial charge in [0.2, 0.25) is 5.43 Å². The third kappa shape index (κ3) is 4.53. The van der Waals surface area contributed by atoms with E-state index >= 15 is 0 Å². The maximum Gasteiger partial charge on any atom is 0.277 e. The van der Waals surface area contributed by atoms with Crippen molar-refractivity contribution in [2.24, 2.45) is 0 Å². The van der Waals surface area contributed by atoms with Crippen LogP contribution in [-0.4, -0.2) is 41.1 Å². The molecule has 8 nitrogen and oxygen atoms in total. The van der Waals surface area contributed by atoms with Crippen LogP contribution < -0.4 is 20.5 Å². The Morgan fingerprint density at radius 1 is 1.03 bits per heavy atom. The van der Waals surface area contributed by atoms with Gasteiger partial charge >= 0.3 is 0 Å². The minimum absolute atomic E-state index is 0.0300. The van der Waals surface area contributed by atoms with Gasteiger partial charge in [-0.25, -0.2) is 8.78 Å². The summed E-state index contributed by atoms with van der Waals surface area (Å²) in [7, 11) is 0. The monoisotopic (exact) mass is 494 g/mol. The molecule has 2 aliphatic heterocycles. The van der Waals surface area contributed by atoms with E-state index in [1.165, 1.54) is 16.9 Å². The van der Waals surface area contributed by atoms with Crippen LogP contribution in [0.15, 0.2) is 59.5 Å². The van der Waals surface area contributed by atoms with Gasteiger partial charge in [-0.1, -0.05) is 36.4 Å². The summed E-state index contributed by atoms with van der Waals surface area (Å²) in [5.41, 5.74) is -0.0380. The second-order valence-electron chi connectivity index (χ2n) is 8.73. The van der Waals surface area contributed by atoms with E-state index in [2.05, 4.69) is 5.32 Å². The van der Waals surface area contributed by atoms with Gasteiger partial charge in [0.05, 0.1) is 0 Å². The Hall–Kier alpha value is -4.21. The molecule has 1 aromatic heterocycles. The zero-order chi connectivity index (χ0) is 25.2. The van der Waals surface area contributed by atoms with Gasteiger partial charge in [-0.2, -0.15) is 0 Å². The maximum absolute atomic E-state index is 14.0. The Morgan fingerprint density at radius 3 is 2.58 bits per heavy atom. The van der Waals surface area contributed by atoms with Crippen molar-refractivity contribution in [3.8, 4) is 5.75 Å². The lowest BCUT2D eigenvalue weighted by molar-refractivity contribution is 0.0698. The largest absolute Gasteiger partial charge is 0.482 e. The maximum atomic E-state index is 14.0. The molecule has 2 aromatic carbocycles. The van der Waals surface area contributed by atoms with E-state index < -0.39 is 23.0 Å². The number of carbonyl (C=O) groups excluding carboxylic acids is 2. The van der Waals surface area contributed by atoms with Crippen molar-refractivity contribution in [1.29, 1.82) is 0 Å². The number of nitrogens with zero attached hydrogens (tertiary/aromatic N) is 3. The predicted molar refractivity (Wildman–Crippen MR) is 127 cm³/mol. The summed E-state index contributed by atoms with van der Waals surface area (Å²) in [5.74, 6) is -2.84. The first-order chi connectivity index (χ1) is 17.4. The fourth-order valence-electron chi connectivity index (χ4n) is 4.39. The molecule has 0 aliphatic carbocycles. The molecular weight excluding hydrogens is 470 g/mol. The fraction of sp³-hybridized carbons (Fsp3) is 0.269. The van der Waals surface area contributed by atoms with Gasteiger partial charge in [0.15, 0.2) is 11.4 Å². The van der Waals surface area contributed by atoms with Crippen LogP contribution in [0.1, 0.15) is 44.8 Å². The van der Waals surface area contributed by atoms with Crippen LogP contribution in [0, 0.1) is 11.6 Å². The van der Waals surface area contributed by atoms with Gasteiger partial charge in [-0.05, 0) is 24.5 Å². The molecule has 2 bridgehead atoms. The van der Waals surface area contributed by atoms with Gasteiger partial charge in [-0.15, -0.1) is 0 Å². The van der Waals surface area contributed by atoms with Crippen LogP contribution in [0.2, 0.25) is 0 Å². The average Bonchev–Trinajstić information content (AvgIpc) is 3.10. The molecule has 10 heteroatoms. The minimum atomic E-state index is -0.806. The van der Waals surface area contributed by atoms with Crippen molar-refractivity contribution in [2.45, 2.75) is 26.0 Å². The Labute approximate surface area is 205 Å². The first-order valence-electron chi connectivity index (χ1n) is 11.7. The lowest BCUT2D eigenvalue weighted by atomic mass is 10.1. The molecule has 1 N–H and O–H groups in total. The highest BCUT2D eigenvalue weighted by molar-refractivity contribution is 5.99. The summed E-state index contributed by atoms with van der Waals surface area (Å²) in [6.07, 6.45) is 2.99. The van der Waals surface area contributed by atoms with Crippen LogP contribution in [0.25, 0.3) is 0 Å². The van der Waals surface area contributed by atoms with E-state index in [-0.39, 0.29) is 41.6 Å². The lowest BCUT2D eigenvalue weighted by Crippen LogP contribution is -2.53. The van der Waals surface area contributed by atoms with Gasteiger partial charge in [-0.3, -0.25) is 24.1 Å². The van der Waals surface area contributed by atoms with Crippen molar-refractivity contribution >= 4 is 11.8 Å². The number of hydrogen-bond acceptors (Lipinski definition) is 5. The van der Waals surface area contributed by atoms with Gasteiger partial charge in [0.25, 0.3) is 11.8 Å². The number of nitrogens with one attached hydrogen (secondary N) is 1. The molecule has 3 aromatic rings. The molecule has 0 unspecified atom stereocenters. The SMILES string of the molecule is O=C(NCc1ccc(F)cc1F)c1cn2c(c(OCc3ccccc3)c1=O)C(=O)N1CCCCN2C1. The average molecular weight is 494 g/mol. The molecule has 0 saturated carbocycles. The van der Waals surface area contributed by atoms with E-state index in [4.69, 9.17) is 4.74 Å². The summed E-state index contributed by atoms with van der Waals surface area (Å²) < 4.78 is 34.7. The van der Waals surface area contributed by atoms with Crippen molar-refractivity contribution in [3.05, 3.63) is 99.0 Å². The second-order valence-corrected chi connectivity index (χ2v) is 8.73. The number of carbonyl (C=O) groups is 2. The first-order valence-corrected chi connectivity index (χ1v) is 11.7. The summed E-state index contributed by atoms with van der Waals surface area (Å²) in [6, 6.07) is 12.2. The molecule has 3 heterocycles. The first kappa shape index (κ1) is 23.5. The normalized spacial score (nSPS) is 14.8. The van der Waals surface area contributed by atoms with Crippen molar-refractivity contribution in [2.75, 3.05) is 24.8 Å². The highest BCUT2D eigenvalue weighted by Crippen LogP contribution is 2.25. The van der Waals surface area contributed by atoms with E-state index in [0.29, 0.717) is 19.8 Å². The Morgan fingerprint density at radius 2 is 1.81 bits per heavy atom. The molecule has 1 fully saturated rings. The van der Waals surface area contributed by atoms with E-state index in [1.54, 1.807) is 4.90 Å². The Balaban J connectivity index is 1.52. The van der Waals surface area contributed by atoms with Crippen LogP contribution in [-0.2, 0) is 13.2 Å². The number of hydrogen-bond donors (Lipinski definition) is 1. The van der Waals surface area contributed by atoms with Crippen LogP contribution in [0.3, 0.4) is 0 Å². The van der Waals surface area contributed by atoms with Crippen LogP contribution in [0.5, 0.6) is 5.75 Å². The summed E-state index contributed by atoms with van der Waals surface area (Å²) in [6.45, 7) is 1.30. The summed E-state index contributed by atoms with van der Waals surface area (Å²) in [5, 5.41) is 4.40. The van der Waals surface area contributed by atoms with Gasteiger partial charge < -0.3 is 15.0 Å². The molecule has 1 saturated heterocycles. The molecule has 2 amide bonds. The third-order valence-electron chi connectivity index (χ3n) is 6.29. The van der Waals surface area contributed by atoms with Crippen molar-refractivity contribution in [1.82, 2.24) is 14.9 Å². The minimum Gasteiger partial charge on any atom is -0.482 e. The Kier molecular flexibility index (Phi) is 6.41. The molecule has 0 spiro atoms. The summed E-state index contributed by atoms with van der Waals surface area (Å²) >= 11 is 0. The molecule has 186 valence electrons.